The molecule has 0 unspecified atom stereocenters. The number of thioether (sulfide) groups is 1. The fourth-order valence-corrected chi connectivity index (χ4v) is 3.40. The van der Waals surface area contributed by atoms with Gasteiger partial charge >= 0.3 is 0 Å². The maximum absolute atomic E-state index is 12.2. The summed E-state index contributed by atoms with van der Waals surface area (Å²) in [7, 11) is 0. The van der Waals surface area contributed by atoms with E-state index < -0.39 is 0 Å². The lowest BCUT2D eigenvalue weighted by Crippen LogP contribution is -2.16. The van der Waals surface area contributed by atoms with Crippen molar-refractivity contribution >= 4 is 40.3 Å². The summed E-state index contributed by atoms with van der Waals surface area (Å²) in [5.74, 6) is -0.0519. The van der Waals surface area contributed by atoms with Crippen LogP contribution in [-0.2, 0) is 4.79 Å². The molecule has 0 bridgehead atoms. The second kappa shape index (κ2) is 4.82. The van der Waals surface area contributed by atoms with Gasteiger partial charge in [-0.15, -0.1) is 0 Å². The smallest absolute Gasteiger partial charge is 0.262 e. The van der Waals surface area contributed by atoms with Crippen molar-refractivity contribution in [2.75, 3.05) is 5.32 Å². The Hall–Kier alpha value is -2.46. The average molecular weight is 292 g/mol. The van der Waals surface area contributed by atoms with Crippen LogP contribution in [0.15, 0.2) is 64.5 Å². The first kappa shape index (κ1) is 12.3. The molecule has 0 atom stereocenters. The number of amides is 1. The van der Waals surface area contributed by atoms with Crippen LogP contribution < -0.4 is 5.32 Å². The molecular formula is C17H12N2OS. The highest BCUT2D eigenvalue weighted by molar-refractivity contribution is 8.04. The van der Waals surface area contributed by atoms with E-state index in [0.29, 0.717) is 4.91 Å². The zero-order valence-corrected chi connectivity index (χ0v) is 11.9. The molecule has 3 nitrogen and oxygen atoms in total. The number of H-pyrrole nitrogens is 1. The van der Waals surface area contributed by atoms with E-state index in [-0.39, 0.29) is 5.91 Å². The molecule has 0 fully saturated rings. The number of para-hydroxylation sites is 2. The second-order valence-corrected chi connectivity index (χ2v) is 5.93. The quantitative estimate of drug-likeness (QED) is 0.658. The summed E-state index contributed by atoms with van der Waals surface area (Å²) in [4.78, 5) is 17.2. The van der Waals surface area contributed by atoms with Crippen LogP contribution in [0.5, 0.6) is 0 Å². The minimum atomic E-state index is -0.0519. The molecule has 0 radical (unpaired) electrons. The predicted molar refractivity (Wildman–Crippen MR) is 87.2 cm³/mol. The lowest BCUT2D eigenvalue weighted by molar-refractivity contribution is -0.112. The number of aromatic nitrogens is 1. The van der Waals surface area contributed by atoms with E-state index in [2.05, 4.69) is 16.4 Å². The number of nitrogens with one attached hydrogen (secondary N) is 2. The lowest BCUT2D eigenvalue weighted by Gasteiger charge is -2.18. The molecule has 1 amide bonds. The normalized spacial score (nSPS) is 16.0. The fourth-order valence-electron chi connectivity index (χ4n) is 2.46. The number of carbonyl (C=O) groups excluding carboxylic acids is 1. The van der Waals surface area contributed by atoms with Gasteiger partial charge in [0, 0.05) is 27.6 Å². The highest BCUT2D eigenvalue weighted by Gasteiger charge is 2.20. The van der Waals surface area contributed by atoms with Crippen LogP contribution in [0, 0.1) is 0 Å². The second-order valence-electron chi connectivity index (χ2n) is 4.85. The van der Waals surface area contributed by atoms with E-state index in [1.165, 1.54) is 11.8 Å². The molecule has 102 valence electrons. The molecule has 2 N–H and O–H groups in total. The van der Waals surface area contributed by atoms with Gasteiger partial charge in [0.25, 0.3) is 5.91 Å². The van der Waals surface area contributed by atoms with Gasteiger partial charge in [-0.05, 0) is 24.3 Å². The molecular weight excluding hydrogens is 280 g/mol. The van der Waals surface area contributed by atoms with Crippen molar-refractivity contribution in [2.24, 2.45) is 0 Å². The highest BCUT2D eigenvalue weighted by Crippen LogP contribution is 2.39. The fraction of sp³-hybridized carbons (Fsp3) is 0. The Balaban J connectivity index is 1.78. The maximum Gasteiger partial charge on any atom is 0.262 e. The number of carbonyl (C=O) groups is 1. The molecule has 1 aliphatic heterocycles. The molecule has 4 heteroatoms. The third kappa shape index (κ3) is 2.14. The van der Waals surface area contributed by atoms with Crippen LogP contribution in [0.4, 0.5) is 5.69 Å². The van der Waals surface area contributed by atoms with Crippen LogP contribution in [0.2, 0.25) is 0 Å². The molecule has 2 heterocycles. The van der Waals surface area contributed by atoms with E-state index in [9.17, 15) is 4.79 Å². The van der Waals surface area contributed by atoms with Crippen molar-refractivity contribution in [1.82, 2.24) is 4.98 Å². The molecule has 3 aromatic rings. The van der Waals surface area contributed by atoms with Crippen molar-refractivity contribution in [3.8, 4) is 0 Å². The third-order valence-corrected chi connectivity index (χ3v) is 4.59. The summed E-state index contributed by atoms with van der Waals surface area (Å²) in [5, 5.41) is 4.05. The van der Waals surface area contributed by atoms with Crippen molar-refractivity contribution < 1.29 is 4.79 Å². The van der Waals surface area contributed by atoms with Crippen molar-refractivity contribution in [3.63, 3.8) is 0 Å². The summed E-state index contributed by atoms with van der Waals surface area (Å²) < 4.78 is 0. The number of hydrogen-bond donors (Lipinski definition) is 2. The van der Waals surface area contributed by atoms with Crippen LogP contribution in [0.25, 0.3) is 17.0 Å². The van der Waals surface area contributed by atoms with E-state index >= 15 is 0 Å². The molecule has 0 saturated heterocycles. The van der Waals surface area contributed by atoms with Crippen LogP contribution in [-0.4, -0.2) is 10.9 Å². The number of fused-ring (bicyclic) bond motifs is 2. The lowest BCUT2D eigenvalue weighted by atomic mass is 10.1. The van der Waals surface area contributed by atoms with Gasteiger partial charge in [0.15, 0.2) is 0 Å². The Morgan fingerprint density at radius 1 is 1.00 bits per heavy atom. The molecule has 2 aromatic carbocycles. The molecule has 1 aliphatic rings. The molecule has 4 rings (SSSR count). The Bertz CT molecular complexity index is 879. The SMILES string of the molecule is O=C1Nc2ccccc2S/C1=C\c1c[nH]c2ccccc12. The summed E-state index contributed by atoms with van der Waals surface area (Å²) in [5.41, 5.74) is 2.98. The molecule has 0 aliphatic carbocycles. The summed E-state index contributed by atoms with van der Waals surface area (Å²) in [6, 6.07) is 15.9. The highest BCUT2D eigenvalue weighted by atomic mass is 32.2. The predicted octanol–water partition coefficient (Wildman–Crippen LogP) is 4.25. The zero-order valence-electron chi connectivity index (χ0n) is 11.1. The monoisotopic (exact) mass is 292 g/mol. The number of benzene rings is 2. The van der Waals surface area contributed by atoms with E-state index in [1.54, 1.807) is 0 Å². The largest absolute Gasteiger partial charge is 0.361 e. The zero-order chi connectivity index (χ0) is 14.2. The van der Waals surface area contributed by atoms with Gasteiger partial charge in [0.1, 0.15) is 0 Å². The van der Waals surface area contributed by atoms with Gasteiger partial charge in [0.2, 0.25) is 0 Å². The first-order chi connectivity index (χ1) is 10.3. The van der Waals surface area contributed by atoms with Gasteiger partial charge in [-0.25, -0.2) is 0 Å². The Morgan fingerprint density at radius 2 is 1.81 bits per heavy atom. The topological polar surface area (TPSA) is 44.9 Å². The Labute approximate surface area is 126 Å². The maximum atomic E-state index is 12.2. The number of hydrogen-bond acceptors (Lipinski definition) is 2. The minimum Gasteiger partial charge on any atom is -0.361 e. The Kier molecular flexibility index (Phi) is 2.82. The third-order valence-electron chi connectivity index (χ3n) is 3.49. The number of anilines is 1. The summed E-state index contributed by atoms with van der Waals surface area (Å²) in [6.07, 6.45) is 3.88. The Morgan fingerprint density at radius 3 is 2.76 bits per heavy atom. The van der Waals surface area contributed by atoms with Gasteiger partial charge in [-0.2, -0.15) is 0 Å². The number of rotatable bonds is 1. The summed E-state index contributed by atoms with van der Waals surface area (Å²) >= 11 is 1.51. The molecule has 0 saturated carbocycles. The summed E-state index contributed by atoms with van der Waals surface area (Å²) in [6.45, 7) is 0. The number of aromatic amines is 1. The minimum absolute atomic E-state index is 0.0519. The van der Waals surface area contributed by atoms with Crippen molar-refractivity contribution in [2.45, 2.75) is 4.90 Å². The first-order valence-electron chi connectivity index (χ1n) is 6.67. The molecule has 1 aromatic heterocycles. The van der Waals surface area contributed by atoms with Gasteiger partial charge in [-0.3, -0.25) is 4.79 Å². The van der Waals surface area contributed by atoms with E-state index in [1.807, 2.05) is 54.7 Å². The van der Waals surface area contributed by atoms with Crippen molar-refractivity contribution in [3.05, 3.63) is 65.2 Å². The first-order valence-corrected chi connectivity index (χ1v) is 7.49. The van der Waals surface area contributed by atoms with Crippen LogP contribution >= 0.6 is 11.8 Å². The molecule has 0 spiro atoms. The average Bonchev–Trinajstić information content (AvgIpc) is 2.91. The standard InChI is InChI=1S/C17H12N2OS/c20-17-16(21-15-8-4-3-7-14(15)19-17)9-11-10-18-13-6-2-1-5-12(11)13/h1-10,18H,(H,19,20)/b16-9-. The van der Waals surface area contributed by atoms with E-state index in [0.717, 1.165) is 27.0 Å². The van der Waals surface area contributed by atoms with Crippen LogP contribution in [0.3, 0.4) is 0 Å². The van der Waals surface area contributed by atoms with Gasteiger partial charge in [0.05, 0.1) is 10.6 Å². The van der Waals surface area contributed by atoms with Crippen molar-refractivity contribution in [1.29, 1.82) is 0 Å². The van der Waals surface area contributed by atoms with Gasteiger partial charge < -0.3 is 10.3 Å². The molecule has 21 heavy (non-hydrogen) atoms. The van der Waals surface area contributed by atoms with Gasteiger partial charge in [-0.1, -0.05) is 42.1 Å². The van der Waals surface area contributed by atoms with Crippen LogP contribution in [0.1, 0.15) is 5.56 Å². The van der Waals surface area contributed by atoms with E-state index in [4.69, 9.17) is 0 Å².